The van der Waals surface area contributed by atoms with Crippen LogP contribution in [0.15, 0.2) is 18.2 Å². The second-order valence-corrected chi connectivity index (χ2v) is 5.50. The summed E-state index contributed by atoms with van der Waals surface area (Å²) < 4.78 is 5.47. The van der Waals surface area contributed by atoms with Crippen molar-refractivity contribution >= 4 is 17.5 Å². The number of nitrogens with one attached hydrogen (secondary N) is 1. The first-order valence-corrected chi connectivity index (χ1v) is 6.78. The zero-order valence-electron chi connectivity index (χ0n) is 10.8. The Balaban J connectivity index is 1.64. The minimum atomic E-state index is -0.233. The zero-order valence-corrected chi connectivity index (χ0v) is 10.8. The summed E-state index contributed by atoms with van der Waals surface area (Å²) in [6.45, 7) is 0.506. The van der Waals surface area contributed by atoms with Crippen molar-refractivity contribution in [2.45, 2.75) is 37.8 Å². The van der Waals surface area contributed by atoms with E-state index < -0.39 is 0 Å². The highest BCUT2D eigenvalue weighted by molar-refractivity contribution is 6.00. The van der Waals surface area contributed by atoms with E-state index in [2.05, 4.69) is 5.32 Å². The molecule has 3 atom stereocenters. The van der Waals surface area contributed by atoms with Gasteiger partial charge in [-0.25, -0.2) is 0 Å². The minimum absolute atomic E-state index is 0.0105. The van der Waals surface area contributed by atoms with Gasteiger partial charge in [0.15, 0.2) is 6.23 Å². The molecule has 0 bridgehead atoms. The maximum absolute atomic E-state index is 12.5. The molecule has 0 saturated carbocycles. The van der Waals surface area contributed by atoms with Gasteiger partial charge in [-0.1, -0.05) is 6.07 Å². The number of epoxide rings is 1. The van der Waals surface area contributed by atoms with Gasteiger partial charge < -0.3 is 20.7 Å². The maximum atomic E-state index is 12.5. The number of nitrogens with zero attached hydrogens (tertiary/aromatic N) is 1. The van der Waals surface area contributed by atoms with Crippen molar-refractivity contribution in [3.05, 3.63) is 29.3 Å². The molecule has 1 aromatic carbocycles. The molecule has 3 heterocycles. The van der Waals surface area contributed by atoms with Crippen LogP contribution in [-0.4, -0.2) is 35.1 Å². The fraction of sp³-hybridized carbons (Fsp3) is 0.429. The first-order chi connectivity index (χ1) is 9.65. The normalized spacial score (nSPS) is 31.4. The van der Waals surface area contributed by atoms with Crippen LogP contribution in [0.2, 0.25) is 0 Å². The van der Waals surface area contributed by atoms with Crippen molar-refractivity contribution in [2.75, 3.05) is 5.73 Å². The predicted molar refractivity (Wildman–Crippen MR) is 70.6 cm³/mol. The van der Waals surface area contributed by atoms with E-state index in [1.165, 1.54) is 0 Å². The van der Waals surface area contributed by atoms with Gasteiger partial charge in [-0.3, -0.25) is 9.59 Å². The third-order valence-electron chi connectivity index (χ3n) is 4.31. The number of nitrogens with two attached hydrogens (primary N) is 1. The molecule has 2 fully saturated rings. The van der Waals surface area contributed by atoms with Crippen LogP contribution in [0, 0.1) is 0 Å². The van der Waals surface area contributed by atoms with E-state index >= 15 is 0 Å². The maximum Gasteiger partial charge on any atom is 0.254 e. The van der Waals surface area contributed by atoms with Gasteiger partial charge in [0.2, 0.25) is 5.91 Å². The number of hydrogen-bond donors (Lipinski definition) is 2. The average Bonchev–Trinajstić information content (AvgIpc) is 3.10. The van der Waals surface area contributed by atoms with Crippen molar-refractivity contribution in [1.29, 1.82) is 0 Å². The molecule has 3 aliphatic rings. The Bertz CT molecular complexity index is 616. The second kappa shape index (κ2) is 3.96. The van der Waals surface area contributed by atoms with E-state index in [1.807, 2.05) is 6.07 Å². The lowest BCUT2D eigenvalue weighted by Crippen LogP contribution is -2.40. The summed E-state index contributed by atoms with van der Waals surface area (Å²) in [7, 11) is 0. The molecule has 0 aromatic heterocycles. The summed E-state index contributed by atoms with van der Waals surface area (Å²) in [5.74, 6) is -0.0235. The summed E-state index contributed by atoms with van der Waals surface area (Å²) in [6, 6.07) is 5.35. The molecule has 4 rings (SSSR count). The fourth-order valence-electron chi connectivity index (χ4n) is 3.19. The van der Waals surface area contributed by atoms with Crippen molar-refractivity contribution in [3.8, 4) is 0 Å². The third-order valence-corrected chi connectivity index (χ3v) is 4.31. The van der Waals surface area contributed by atoms with Crippen LogP contribution >= 0.6 is 0 Å². The zero-order chi connectivity index (χ0) is 13.9. The molecule has 2 amide bonds. The van der Waals surface area contributed by atoms with Crippen molar-refractivity contribution in [3.63, 3.8) is 0 Å². The molecular formula is C14H15N3O3. The number of hydrogen-bond acceptors (Lipinski definition) is 4. The number of anilines is 1. The molecule has 2 saturated heterocycles. The molecule has 3 aliphatic heterocycles. The number of carbonyl (C=O) groups is 2. The topological polar surface area (TPSA) is 88.0 Å². The van der Waals surface area contributed by atoms with Crippen LogP contribution in [-0.2, 0) is 16.1 Å². The number of fused-ring (bicyclic) bond motifs is 2. The summed E-state index contributed by atoms with van der Waals surface area (Å²) >= 11 is 0. The highest BCUT2D eigenvalue weighted by Gasteiger charge is 2.52. The highest BCUT2D eigenvalue weighted by atomic mass is 16.6. The van der Waals surface area contributed by atoms with Gasteiger partial charge in [-0.05, 0) is 18.6 Å². The molecule has 0 spiro atoms. The van der Waals surface area contributed by atoms with Crippen molar-refractivity contribution < 1.29 is 14.3 Å². The van der Waals surface area contributed by atoms with E-state index in [0.29, 0.717) is 30.6 Å². The Morgan fingerprint density at radius 3 is 3.00 bits per heavy atom. The molecule has 3 unspecified atom stereocenters. The summed E-state index contributed by atoms with van der Waals surface area (Å²) in [6.07, 6.45) is 0.744. The lowest BCUT2D eigenvalue weighted by atomic mass is 10.1. The molecule has 20 heavy (non-hydrogen) atoms. The largest absolute Gasteiger partial charge is 0.398 e. The molecule has 1 aromatic rings. The summed E-state index contributed by atoms with van der Waals surface area (Å²) in [5.41, 5.74) is 8.15. The number of amides is 2. The standard InChI is InChI=1S/C14H15N3O3/c15-9-3-1-2-7-8(9)6-17(14(7)19)10-4-5-11(18)16-13-12(10)20-13/h1-3,10,12-13H,4-6,15H2,(H,16,18). The molecule has 0 radical (unpaired) electrons. The van der Waals surface area contributed by atoms with Gasteiger partial charge >= 0.3 is 0 Å². The third kappa shape index (κ3) is 1.61. The van der Waals surface area contributed by atoms with Crippen LogP contribution in [0.4, 0.5) is 5.69 Å². The minimum Gasteiger partial charge on any atom is -0.398 e. The van der Waals surface area contributed by atoms with Crippen LogP contribution < -0.4 is 11.1 Å². The Morgan fingerprint density at radius 2 is 2.20 bits per heavy atom. The molecular weight excluding hydrogens is 258 g/mol. The lowest BCUT2D eigenvalue weighted by molar-refractivity contribution is -0.121. The quantitative estimate of drug-likeness (QED) is 0.566. The first kappa shape index (κ1) is 11.7. The van der Waals surface area contributed by atoms with Gasteiger partial charge in [0, 0.05) is 29.8 Å². The Hall–Kier alpha value is -2.08. The number of carbonyl (C=O) groups excluding carboxylic acids is 2. The molecule has 6 nitrogen and oxygen atoms in total. The highest BCUT2D eigenvalue weighted by Crippen LogP contribution is 2.37. The number of rotatable bonds is 1. The molecule has 6 heteroatoms. The van der Waals surface area contributed by atoms with Crippen molar-refractivity contribution in [2.24, 2.45) is 0 Å². The van der Waals surface area contributed by atoms with E-state index in [-0.39, 0.29) is 30.2 Å². The van der Waals surface area contributed by atoms with E-state index in [1.54, 1.807) is 17.0 Å². The van der Waals surface area contributed by atoms with E-state index in [4.69, 9.17) is 10.5 Å². The van der Waals surface area contributed by atoms with Crippen LogP contribution in [0.1, 0.15) is 28.8 Å². The van der Waals surface area contributed by atoms with Gasteiger partial charge in [0.1, 0.15) is 6.10 Å². The lowest BCUT2D eigenvalue weighted by Gasteiger charge is -2.25. The van der Waals surface area contributed by atoms with Gasteiger partial charge in [0.05, 0.1) is 6.04 Å². The number of nitrogen functional groups attached to an aromatic ring is 1. The first-order valence-electron chi connectivity index (χ1n) is 6.78. The molecule has 0 aliphatic carbocycles. The van der Waals surface area contributed by atoms with Crippen LogP contribution in [0.5, 0.6) is 0 Å². The average molecular weight is 273 g/mol. The molecule has 104 valence electrons. The van der Waals surface area contributed by atoms with Gasteiger partial charge in [0.25, 0.3) is 5.91 Å². The second-order valence-electron chi connectivity index (χ2n) is 5.50. The summed E-state index contributed by atoms with van der Waals surface area (Å²) in [4.78, 5) is 25.8. The van der Waals surface area contributed by atoms with Gasteiger partial charge in [-0.2, -0.15) is 0 Å². The van der Waals surface area contributed by atoms with Crippen molar-refractivity contribution in [1.82, 2.24) is 10.2 Å². The monoisotopic (exact) mass is 273 g/mol. The SMILES string of the molecule is Nc1cccc2c1CN(C1CCC(=O)NC3OC31)C2=O. The number of benzene rings is 1. The Morgan fingerprint density at radius 1 is 1.35 bits per heavy atom. The Labute approximate surface area is 115 Å². The van der Waals surface area contributed by atoms with Gasteiger partial charge in [-0.15, -0.1) is 0 Å². The number of ether oxygens (including phenoxy) is 1. The smallest absolute Gasteiger partial charge is 0.254 e. The van der Waals surface area contributed by atoms with Crippen LogP contribution in [0.25, 0.3) is 0 Å². The Kier molecular flexibility index (Phi) is 2.32. The summed E-state index contributed by atoms with van der Waals surface area (Å²) in [5, 5.41) is 2.79. The van der Waals surface area contributed by atoms with Crippen LogP contribution in [0.3, 0.4) is 0 Å². The van der Waals surface area contributed by atoms with E-state index in [0.717, 1.165) is 5.56 Å². The molecule has 3 N–H and O–H groups in total. The van der Waals surface area contributed by atoms with E-state index in [9.17, 15) is 9.59 Å². The predicted octanol–water partition coefficient (Wildman–Crippen LogP) is 0.228. The fourth-order valence-corrected chi connectivity index (χ4v) is 3.19.